The fourth-order valence-corrected chi connectivity index (χ4v) is 8.54. The van der Waals surface area contributed by atoms with Crippen molar-refractivity contribution in [3.63, 3.8) is 0 Å². The van der Waals surface area contributed by atoms with Crippen molar-refractivity contribution < 1.29 is 24.4 Å². The molecule has 0 aromatic rings. The van der Waals surface area contributed by atoms with Gasteiger partial charge >= 0.3 is 0 Å². The molecule has 0 aliphatic carbocycles. The Bertz CT molecular complexity index is 734. The minimum Gasteiger partial charge on any atom is -0.391 e. The molecule has 0 aliphatic rings. The highest BCUT2D eigenvalue weighted by molar-refractivity contribution is 4.63. The Hall–Kier alpha value is -0.200. The summed E-state index contributed by atoms with van der Waals surface area (Å²) in [6.45, 7) is 9.25. The van der Waals surface area contributed by atoms with Crippen molar-refractivity contribution in [2.45, 2.75) is 315 Å². The van der Waals surface area contributed by atoms with Crippen molar-refractivity contribution in [1.29, 1.82) is 0 Å². The van der Waals surface area contributed by atoms with E-state index in [-0.39, 0.29) is 18.3 Å². The van der Waals surface area contributed by atoms with E-state index in [0.29, 0.717) is 33.0 Å². The van der Waals surface area contributed by atoms with Crippen molar-refractivity contribution in [3.8, 4) is 0 Å². The minimum absolute atomic E-state index is 0.0230. The van der Waals surface area contributed by atoms with Gasteiger partial charge in [-0.1, -0.05) is 278 Å². The molecule has 3 atom stereocenters. The van der Waals surface area contributed by atoms with Gasteiger partial charge in [-0.2, -0.15) is 0 Å². The monoisotopic (exact) mass is 839 g/mol. The van der Waals surface area contributed by atoms with Crippen LogP contribution in [-0.2, 0) is 14.2 Å². The van der Waals surface area contributed by atoms with Gasteiger partial charge < -0.3 is 24.4 Å². The number of aliphatic hydroxyl groups excluding tert-OH is 2. The molecular formula is C54H110O5. The lowest BCUT2D eigenvalue weighted by atomic mass is 10.0. The third kappa shape index (κ3) is 50.3. The molecule has 0 aromatic heterocycles. The Morgan fingerprint density at radius 2 is 0.508 bits per heavy atom. The second kappa shape index (κ2) is 52.1. The van der Waals surface area contributed by atoms with Crippen molar-refractivity contribution in [2.75, 3.05) is 33.0 Å². The maximum Gasteiger partial charge on any atom is 0.0809 e. The van der Waals surface area contributed by atoms with Gasteiger partial charge in [-0.25, -0.2) is 0 Å². The molecule has 0 heterocycles. The van der Waals surface area contributed by atoms with Crippen LogP contribution in [0.1, 0.15) is 297 Å². The topological polar surface area (TPSA) is 68.2 Å². The lowest BCUT2D eigenvalue weighted by Crippen LogP contribution is -2.26. The molecule has 0 saturated heterocycles. The highest BCUT2D eigenvalue weighted by atomic mass is 16.6. The highest BCUT2D eigenvalue weighted by Gasteiger charge is 2.13. The fourth-order valence-electron chi connectivity index (χ4n) is 8.54. The summed E-state index contributed by atoms with van der Waals surface area (Å²) in [5.41, 5.74) is 0. The van der Waals surface area contributed by atoms with E-state index >= 15 is 0 Å². The van der Waals surface area contributed by atoms with Gasteiger partial charge in [-0.3, -0.25) is 0 Å². The van der Waals surface area contributed by atoms with Gasteiger partial charge in [0.2, 0.25) is 0 Å². The van der Waals surface area contributed by atoms with E-state index in [2.05, 4.69) is 20.8 Å². The first kappa shape index (κ1) is 58.8. The van der Waals surface area contributed by atoms with Crippen LogP contribution in [0, 0.1) is 0 Å². The van der Waals surface area contributed by atoms with Crippen molar-refractivity contribution in [3.05, 3.63) is 0 Å². The zero-order chi connectivity index (χ0) is 42.8. The van der Waals surface area contributed by atoms with Gasteiger partial charge in [-0.05, 0) is 19.3 Å². The van der Waals surface area contributed by atoms with Crippen LogP contribution in [0.5, 0.6) is 0 Å². The highest BCUT2D eigenvalue weighted by Crippen LogP contribution is 2.18. The maximum absolute atomic E-state index is 10.7. The van der Waals surface area contributed by atoms with Crippen LogP contribution in [0.15, 0.2) is 0 Å². The first-order valence-electron chi connectivity index (χ1n) is 27.3. The summed E-state index contributed by atoms with van der Waals surface area (Å²) in [4.78, 5) is 0. The largest absolute Gasteiger partial charge is 0.391 e. The Labute approximate surface area is 371 Å². The average Bonchev–Trinajstić information content (AvgIpc) is 3.24. The normalized spacial score (nSPS) is 13.4. The van der Waals surface area contributed by atoms with Crippen molar-refractivity contribution in [1.82, 2.24) is 0 Å². The van der Waals surface area contributed by atoms with Gasteiger partial charge in [0.05, 0.1) is 51.3 Å². The summed E-state index contributed by atoms with van der Waals surface area (Å²) in [5, 5.41) is 21.1. The van der Waals surface area contributed by atoms with E-state index in [1.165, 1.54) is 238 Å². The second-order valence-corrected chi connectivity index (χ2v) is 18.9. The fraction of sp³-hybridized carbons (Fsp3) is 1.00. The molecule has 0 saturated carbocycles. The summed E-state index contributed by atoms with van der Waals surface area (Å²) < 4.78 is 18.1. The predicted molar refractivity (Wildman–Crippen MR) is 259 cm³/mol. The molecule has 0 bridgehead atoms. The number of aliphatic hydroxyl groups is 2. The molecule has 2 N–H and O–H groups in total. The molecule has 5 nitrogen and oxygen atoms in total. The van der Waals surface area contributed by atoms with Gasteiger partial charge in [0.25, 0.3) is 0 Å². The Kier molecular flexibility index (Phi) is 52.0. The van der Waals surface area contributed by atoms with Gasteiger partial charge in [0.15, 0.2) is 0 Å². The molecular weight excluding hydrogens is 729 g/mol. The zero-order valence-electron chi connectivity index (χ0n) is 40.8. The Morgan fingerprint density at radius 3 is 0.814 bits per heavy atom. The van der Waals surface area contributed by atoms with E-state index in [0.717, 1.165) is 38.5 Å². The van der Waals surface area contributed by atoms with Crippen LogP contribution in [0.3, 0.4) is 0 Å². The van der Waals surface area contributed by atoms with Crippen LogP contribution < -0.4 is 0 Å². The first-order valence-corrected chi connectivity index (χ1v) is 27.3. The standard InChI is InChI=1S/C54H110O5/c1-4-7-10-13-16-19-22-25-27-30-32-35-38-41-44-52(55)49-57-47-48-58-51-54(46-43-40-37-34-31-28-26-23-20-17-14-11-8-5-2)59-50-53(56)45-42-39-36-33-29-24-21-18-15-12-9-6-3/h52-56H,4-51H2,1-3H3. The van der Waals surface area contributed by atoms with Gasteiger partial charge in [0.1, 0.15) is 0 Å². The van der Waals surface area contributed by atoms with Crippen LogP contribution >= 0.6 is 0 Å². The van der Waals surface area contributed by atoms with E-state index in [1.807, 2.05) is 0 Å². The summed E-state index contributed by atoms with van der Waals surface area (Å²) in [7, 11) is 0. The predicted octanol–water partition coefficient (Wildman–Crippen LogP) is 17.0. The summed E-state index contributed by atoms with van der Waals surface area (Å²) in [6, 6.07) is 0. The smallest absolute Gasteiger partial charge is 0.0809 e. The van der Waals surface area contributed by atoms with E-state index in [4.69, 9.17) is 14.2 Å². The molecule has 0 amide bonds. The third-order valence-electron chi connectivity index (χ3n) is 12.7. The number of hydrogen-bond acceptors (Lipinski definition) is 5. The summed E-state index contributed by atoms with van der Waals surface area (Å²) >= 11 is 0. The molecule has 0 fully saturated rings. The SMILES string of the molecule is CCCCCCCCCCCCCCCCC(O)COCCOCC(CCCCCCCCCCCCCCCC)OCC(O)CCCCCCCCCCCCCC. The molecule has 59 heavy (non-hydrogen) atoms. The van der Waals surface area contributed by atoms with Gasteiger partial charge in [-0.15, -0.1) is 0 Å². The Morgan fingerprint density at radius 1 is 0.271 bits per heavy atom. The molecule has 3 unspecified atom stereocenters. The van der Waals surface area contributed by atoms with Gasteiger partial charge in [0, 0.05) is 0 Å². The van der Waals surface area contributed by atoms with E-state index < -0.39 is 0 Å². The second-order valence-electron chi connectivity index (χ2n) is 18.9. The van der Waals surface area contributed by atoms with Crippen LogP contribution in [0.25, 0.3) is 0 Å². The van der Waals surface area contributed by atoms with E-state index in [1.54, 1.807) is 0 Å². The maximum atomic E-state index is 10.7. The number of hydrogen-bond donors (Lipinski definition) is 2. The third-order valence-corrected chi connectivity index (χ3v) is 12.7. The molecule has 0 rings (SSSR count). The molecule has 0 aliphatic heterocycles. The molecule has 5 heteroatoms. The lowest BCUT2D eigenvalue weighted by molar-refractivity contribution is -0.0647. The summed E-state index contributed by atoms with van der Waals surface area (Å²) in [5.74, 6) is 0. The van der Waals surface area contributed by atoms with Crippen molar-refractivity contribution in [2.24, 2.45) is 0 Å². The van der Waals surface area contributed by atoms with E-state index in [9.17, 15) is 10.2 Å². The number of rotatable bonds is 53. The minimum atomic E-state index is -0.388. The van der Waals surface area contributed by atoms with Crippen LogP contribution in [0.2, 0.25) is 0 Å². The summed E-state index contributed by atoms with van der Waals surface area (Å²) in [6.07, 6.45) is 56.0. The Balaban J connectivity index is 4.10. The zero-order valence-corrected chi connectivity index (χ0v) is 40.8. The van der Waals surface area contributed by atoms with Crippen molar-refractivity contribution >= 4 is 0 Å². The average molecular weight is 839 g/mol. The van der Waals surface area contributed by atoms with Crippen LogP contribution in [0.4, 0.5) is 0 Å². The number of ether oxygens (including phenoxy) is 3. The molecule has 0 spiro atoms. The first-order chi connectivity index (χ1) is 29.1. The quantitative estimate of drug-likeness (QED) is 0.0597. The molecule has 356 valence electrons. The number of unbranched alkanes of at least 4 members (excludes halogenated alkanes) is 37. The van der Waals surface area contributed by atoms with Crippen LogP contribution in [-0.4, -0.2) is 61.6 Å². The molecule has 0 radical (unpaired) electrons. The molecule has 0 aromatic carbocycles. The lowest BCUT2D eigenvalue weighted by Gasteiger charge is -2.20.